The van der Waals surface area contributed by atoms with E-state index >= 15 is 0 Å². The number of carbonyl (C=O) groups is 1. The first-order valence-corrected chi connectivity index (χ1v) is 11.8. The van der Waals surface area contributed by atoms with Gasteiger partial charge in [0, 0.05) is 18.7 Å². The molecule has 31 heavy (non-hydrogen) atoms. The van der Waals surface area contributed by atoms with E-state index in [0.717, 1.165) is 22.5 Å². The Balaban J connectivity index is 1.82. The van der Waals surface area contributed by atoms with Gasteiger partial charge in [-0.05, 0) is 82.9 Å². The first-order chi connectivity index (χ1) is 14.5. The lowest BCUT2D eigenvalue weighted by Gasteiger charge is -2.19. The minimum atomic E-state index is -3.35. The molecule has 0 radical (unpaired) electrons. The van der Waals surface area contributed by atoms with E-state index in [1.54, 1.807) is 20.8 Å². The van der Waals surface area contributed by atoms with Gasteiger partial charge < -0.3 is 5.32 Å². The summed E-state index contributed by atoms with van der Waals surface area (Å²) in [5, 5.41) is 11.5. The zero-order chi connectivity index (χ0) is 23.1. The van der Waals surface area contributed by atoms with Crippen molar-refractivity contribution in [1.82, 2.24) is 4.72 Å². The van der Waals surface area contributed by atoms with Crippen LogP contribution in [-0.2, 0) is 14.8 Å². The highest BCUT2D eigenvalue weighted by atomic mass is 32.2. The molecule has 168 valence electrons. The van der Waals surface area contributed by atoms with Crippen molar-refractivity contribution in [2.75, 3.05) is 11.9 Å². The van der Waals surface area contributed by atoms with Crippen LogP contribution in [0.4, 0.5) is 17.1 Å². The topological polar surface area (TPSA) is 100.0 Å². The van der Waals surface area contributed by atoms with Gasteiger partial charge in [0.15, 0.2) is 0 Å². The first-order valence-electron chi connectivity index (χ1n) is 10.4. The van der Waals surface area contributed by atoms with Crippen LogP contribution >= 0.6 is 0 Å². The number of rotatable bonds is 9. The fourth-order valence-electron chi connectivity index (χ4n) is 2.68. The molecular formula is C23H32N4O3S. The summed E-state index contributed by atoms with van der Waals surface area (Å²) in [6.45, 7) is 9.18. The fraction of sp³-hybridized carbons (Fsp3) is 0.435. The van der Waals surface area contributed by atoms with Crippen molar-refractivity contribution in [1.29, 1.82) is 0 Å². The summed E-state index contributed by atoms with van der Waals surface area (Å²) in [5.41, 5.74) is 4.21. The number of nitrogens with one attached hydrogen (secondary N) is 2. The Morgan fingerprint density at radius 3 is 2.32 bits per heavy atom. The number of benzene rings is 2. The molecule has 2 aromatic rings. The summed E-state index contributed by atoms with van der Waals surface area (Å²) < 4.78 is 25.7. The lowest BCUT2D eigenvalue weighted by Crippen LogP contribution is -2.39. The van der Waals surface area contributed by atoms with Crippen LogP contribution in [0, 0.1) is 13.8 Å². The van der Waals surface area contributed by atoms with Crippen molar-refractivity contribution in [2.24, 2.45) is 10.2 Å². The van der Waals surface area contributed by atoms with Crippen molar-refractivity contribution in [2.45, 2.75) is 58.6 Å². The summed E-state index contributed by atoms with van der Waals surface area (Å²) in [6.07, 6.45) is 1.52. The highest BCUT2D eigenvalue weighted by molar-refractivity contribution is 7.90. The molecule has 0 aromatic heterocycles. The van der Waals surface area contributed by atoms with Crippen LogP contribution in [0.3, 0.4) is 0 Å². The molecule has 0 aliphatic carbocycles. The minimum Gasteiger partial charge on any atom is -0.326 e. The molecule has 1 amide bonds. The molecule has 0 saturated heterocycles. The molecule has 0 heterocycles. The van der Waals surface area contributed by atoms with E-state index in [1.165, 1.54) is 0 Å². The van der Waals surface area contributed by atoms with Gasteiger partial charge in [0.2, 0.25) is 15.9 Å². The van der Waals surface area contributed by atoms with Crippen LogP contribution in [-0.4, -0.2) is 25.6 Å². The molecule has 7 nitrogen and oxygen atoms in total. The van der Waals surface area contributed by atoms with Crippen LogP contribution in [0.2, 0.25) is 0 Å². The number of azo groups is 1. The molecule has 0 bridgehead atoms. The molecule has 2 N–H and O–H groups in total. The molecule has 0 fully saturated rings. The Morgan fingerprint density at radius 2 is 1.68 bits per heavy atom. The van der Waals surface area contributed by atoms with E-state index < -0.39 is 14.8 Å². The zero-order valence-corrected chi connectivity index (χ0v) is 19.7. The van der Waals surface area contributed by atoms with Crippen LogP contribution in [0.5, 0.6) is 0 Å². The maximum Gasteiger partial charge on any atom is 0.224 e. The molecule has 0 aliphatic rings. The summed E-state index contributed by atoms with van der Waals surface area (Å²) in [5.74, 6) is -0.101. The number of amides is 1. The van der Waals surface area contributed by atoms with Gasteiger partial charge in [0.05, 0.1) is 16.1 Å². The highest BCUT2D eigenvalue weighted by Gasteiger charge is 2.27. The predicted octanol–water partition coefficient (Wildman–Crippen LogP) is 5.55. The number of aryl methyl sites for hydroxylation is 2. The number of hydrogen-bond acceptors (Lipinski definition) is 5. The van der Waals surface area contributed by atoms with Crippen LogP contribution in [0.1, 0.15) is 51.2 Å². The van der Waals surface area contributed by atoms with Gasteiger partial charge in [0.1, 0.15) is 0 Å². The monoisotopic (exact) mass is 444 g/mol. The van der Waals surface area contributed by atoms with Crippen molar-refractivity contribution in [3.05, 3.63) is 53.6 Å². The van der Waals surface area contributed by atoms with Gasteiger partial charge in [0.25, 0.3) is 0 Å². The number of sulfonamides is 1. The van der Waals surface area contributed by atoms with E-state index in [-0.39, 0.29) is 5.91 Å². The zero-order valence-electron chi connectivity index (χ0n) is 18.9. The number of carbonyl (C=O) groups excluding carboxylic acids is 1. The van der Waals surface area contributed by atoms with Gasteiger partial charge in [-0.1, -0.05) is 18.2 Å². The lowest BCUT2D eigenvalue weighted by atomic mass is 10.1. The maximum atomic E-state index is 12.2. The molecule has 2 rings (SSSR count). The molecule has 0 unspecified atom stereocenters. The Hall–Kier alpha value is -2.58. The van der Waals surface area contributed by atoms with E-state index in [9.17, 15) is 13.2 Å². The second-order valence-electron chi connectivity index (χ2n) is 8.50. The normalized spacial score (nSPS) is 12.3. The van der Waals surface area contributed by atoms with Crippen molar-refractivity contribution < 1.29 is 13.2 Å². The largest absolute Gasteiger partial charge is 0.326 e. The second kappa shape index (κ2) is 10.6. The van der Waals surface area contributed by atoms with E-state index in [4.69, 9.17) is 0 Å². The van der Waals surface area contributed by atoms with Crippen molar-refractivity contribution >= 4 is 33.0 Å². The third-order valence-corrected chi connectivity index (χ3v) is 7.00. The average Bonchev–Trinajstić information content (AvgIpc) is 2.68. The first kappa shape index (κ1) is 24.7. The van der Waals surface area contributed by atoms with Crippen LogP contribution < -0.4 is 10.0 Å². The Morgan fingerprint density at radius 1 is 0.968 bits per heavy atom. The summed E-state index contributed by atoms with van der Waals surface area (Å²) >= 11 is 0. The molecule has 2 aromatic carbocycles. The van der Waals surface area contributed by atoms with Crippen LogP contribution in [0.15, 0.2) is 52.7 Å². The molecule has 8 heteroatoms. The quantitative estimate of drug-likeness (QED) is 0.392. The number of unbranched alkanes of at least 4 members (excludes halogenated alkanes) is 1. The Kier molecular flexibility index (Phi) is 8.47. The maximum absolute atomic E-state index is 12.2. The highest BCUT2D eigenvalue weighted by Crippen LogP contribution is 2.25. The number of hydrogen-bond donors (Lipinski definition) is 2. The lowest BCUT2D eigenvalue weighted by molar-refractivity contribution is -0.116. The third-order valence-electron chi connectivity index (χ3n) is 4.80. The van der Waals surface area contributed by atoms with E-state index in [2.05, 4.69) is 20.3 Å². The third kappa shape index (κ3) is 7.56. The minimum absolute atomic E-state index is 0.101. The predicted molar refractivity (Wildman–Crippen MR) is 126 cm³/mol. The van der Waals surface area contributed by atoms with Gasteiger partial charge in [-0.2, -0.15) is 10.2 Å². The number of anilines is 1. The molecule has 0 saturated carbocycles. The van der Waals surface area contributed by atoms with E-state index in [1.807, 2.05) is 56.3 Å². The molecule has 0 spiro atoms. The van der Waals surface area contributed by atoms with Crippen molar-refractivity contribution in [3.8, 4) is 0 Å². The molecule has 0 atom stereocenters. The van der Waals surface area contributed by atoms with E-state index in [0.29, 0.717) is 31.5 Å². The Bertz CT molecular complexity index is 1040. The Labute approximate surface area is 185 Å². The van der Waals surface area contributed by atoms with Crippen molar-refractivity contribution in [3.63, 3.8) is 0 Å². The van der Waals surface area contributed by atoms with Gasteiger partial charge in [-0.25, -0.2) is 13.1 Å². The summed E-state index contributed by atoms with van der Waals surface area (Å²) in [7, 11) is -3.35. The summed E-state index contributed by atoms with van der Waals surface area (Å²) in [6, 6.07) is 13.3. The summed E-state index contributed by atoms with van der Waals surface area (Å²) in [4.78, 5) is 12.2. The smallest absolute Gasteiger partial charge is 0.224 e. The van der Waals surface area contributed by atoms with Gasteiger partial charge in [-0.3, -0.25) is 4.79 Å². The standard InChI is InChI=1S/C23H32N4O3S/c1-17-10-6-7-11-21(17)27-26-19-13-14-20(18(2)16-19)25-22(28)12-8-9-15-24-31(29,30)23(3,4)5/h6-7,10-11,13-14,16,24H,8-9,12,15H2,1-5H3,(H,25,28)/b27-26+. The number of nitrogens with zero attached hydrogens (tertiary/aromatic N) is 2. The second-order valence-corrected chi connectivity index (χ2v) is 11.0. The van der Waals surface area contributed by atoms with Crippen LogP contribution in [0.25, 0.3) is 0 Å². The molecular weight excluding hydrogens is 412 g/mol. The average molecular weight is 445 g/mol. The fourth-order valence-corrected chi connectivity index (χ4v) is 3.53. The van der Waals surface area contributed by atoms with Gasteiger partial charge >= 0.3 is 0 Å². The SMILES string of the molecule is Cc1ccccc1/N=N/c1ccc(NC(=O)CCCCNS(=O)(=O)C(C)(C)C)c(C)c1. The van der Waals surface area contributed by atoms with Gasteiger partial charge in [-0.15, -0.1) is 0 Å². The molecule has 0 aliphatic heterocycles.